The Bertz CT molecular complexity index is 873. The maximum Gasteiger partial charge on any atom is 0.269 e. The number of thiazole rings is 1. The molecule has 1 amide bonds. The minimum Gasteiger partial charge on any atom is -0.282 e. The number of carbonyl (C=O) groups is 1. The normalized spacial score (nSPS) is 17.4. The fourth-order valence-corrected chi connectivity index (χ4v) is 3.63. The van der Waals surface area contributed by atoms with Gasteiger partial charge < -0.3 is 0 Å². The van der Waals surface area contributed by atoms with Crippen LogP contribution in [0.3, 0.4) is 0 Å². The number of nitro groups is 1. The van der Waals surface area contributed by atoms with Crippen molar-refractivity contribution in [3.05, 3.63) is 69.1 Å². The molecule has 0 bridgehead atoms. The molecule has 0 atom stereocenters. The largest absolute Gasteiger partial charge is 0.282 e. The summed E-state index contributed by atoms with van der Waals surface area (Å²) in [5.74, 6) is -0.182. The first-order valence-corrected chi connectivity index (χ1v) is 8.83. The zero-order chi connectivity index (χ0) is 17.8. The predicted molar refractivity (Wildman–Crippen MR) is 99.8 cm³/mol. The van der Waals surface area contributed by atoms with E-state index in [1.807, 2.05) is 5.38 Å². The van der Waals surface area contributed by atoms with Crippen molar-refractivity contribution in [3.8, 4) is 0 Å². The van der Waals surface area contributed by atoms with E-state index in [9.17, 15) is 14.9 Å². The molecule has 7 nitrogen and oxygen atoms in total. The third kappa shape index (κ3) is 3.83. The van der Waals surface area contributed by atoms with Crippen molar-refractivity contribution in [1.29, 1.82) is 0 Å². The van der Waals surface area contributed by atoms with Crippen LogP contribution in [0, 0.1) is 10.1 Å². The quantitative estimate of drug-likeness (QED) is 0.344. The highest BCUT2D eigenvalue weighted by molar-refractivity contribution is 8.18. The van der Waals surface area contributed by atoms with Gasteiger partial charge in [0.1, 0.15) is 0 Å². The van der Waals surface area contributed by atoms with Gasteiger partial charge in [0.2, 0.25) is 5.13 Å². The first-order valence-electron chi connectivity index (χ1n) is 7.13. The van der Waals surface area contributed by atoms with Gasteiger partial charge in [-0.15, -0.1) is 17.9 Å². The number of aromatic nitrogens is 1. The maximum absolute atomic E-state index is 12.6. The van der Waals surface area contributed by atoms with Gasteiger partial charge in [-0.05, 0) is 35.5 Å². The summed E-state index contributed by atoms with van der Waals surface area (Å²) in [4.78, 5) is 33.4. The van der Waals surface area contributed by atoms with Crippen LogP contribution in [0.1, 0.15) is 5.56 Å². The summed E-state index contributed by atoms with van der Waals surface area (Å²) in [5, 5.41) is 13.6. The number of benzene rings is 1. The summed E-state index contributed by atoms with van der Waals surface area (Å²) >= 11 is 2.62. The zero-order valence-corrected chi connectivity index (χ0v) is 14.5. The molecule has 0 N–H and O–H groups in total. The molecule has 1 aromatic heterocycles. The van der Waals surface area contributed by atoms with Crippen LogP contribution in [0.4, 0.5) is 10.8 Å². The number of rotatable bonds is 5. The lowest BCUT2D eigenvalue weighted by Crippen LogP contribution is -2.29. The number of amides is 1. The Morgan fingerprint density at radius 3 is 2.72 bits per heavy atom. The Balaban J connectivity index is 1.90. The molecule has 0 aliphatic carbocycles. The number of hydrogen-bond donors (Lipinski definition) is 0. The van der Waals surface area contributed by atoms with Gasteiger partial charge in [-0.2, -0.15) is 4.99 Å². The highest BCUT2D eigenvalue weighted by Crippen LogP contribution is 2.34. The number of thioether (sulfide) groups is 1. The average Bonchev–Trinajstić information content (AvgIpc) is 3.20. The lowest BCUT2D eigenvalue weighted by atomic mass is 10.2. The second-order valence-electron chi connectivity index (χ2n) is 4.87. The number of aliphatic imine (C=N–C) groups is 1. The fourth-order valence-electron chi connectivity index (χ4n) is 2.08. The lowest BCUT2D eigenvalue weighted by Gasteiger charge is -2.11. The SMILES string of the molecule is C=CCN1C(=O)/C(=C/c2ccc([N+](=O)[O-])cc2)S/C1=N/c1nccs1. The Kier molecular flexibility index (Phi) is 5.05. The van der Waals surface area contributed by atoms with Crippen molar-refractivity contribution in [2.45, 2.75) is 0 Å². The molecule has 3 rings (SSSR count). The highest BCUT2D eigenvalue weighted by atomic mass is 32.2. The molecule has 1 aliphatic rings. The highest BCUT2D eigenvalue weighted by Gasteiger charge is 2.32. The molecule has 1 aliphatic heterocycles. The number of non-ortho nitro benzene ring substituents is 1. The Morgan fingerprint density at radius 2 is 2.12 bits per heavy atom. The molecule has 0 unspecified atom stereocenters. The molecular weight excluding hydrogens is 360 g/mol. The monoisotopic (exact) mass is 372 g/mol. The lowest BCUT2D eigenvalue weighted by molar-refractivity contribution is -0.384. The van der Waals surface area contributed by atoms with Crippen LogP contribution < -0.4 is 0 Å². The van der Waals surface area contributed by atoms with E-state index in [-0.39, 0.29) is 11.6 Å². The molecule has 126 valence electrons. The first-order chi connectivity index (χ1) is 12.1. The fraction of sp³-hybridized carbons (Fsp3) is 0.0625. The van der Waals surface area contributed by atoms with Crippen molar-refractivity contribution in [2.24, 2.45) is 4.99 Å². The van der Waals surface area contributed by atoms with Gasteiger partial charge in [-0.25, -0.2) is 4.98 Å². The molecule has 1 fully saturated rings. The third-order valence-corrected chi connectivity index (χ3v) is 4.88. The number of hydrogen-bond acceptors (Lipinski definition) is 7. The number of carbonyl (C=O) groups excluding carboxylic acids is 1. The van der Waals surface area contributed by atoms with Crippen LogP contribution in [0.2, 0.25) is 0 Å². The summed E-state index contributed by atoms with van der Waals surface area (Å²) in [6.45, 7) is 4.01. The van der Waals surface area contributed by atoms with Gasteiger partial charge in [0.25, 0.3) is 11.6 Å². The standard InChI is InChI=1S/C16H12N4O3S2/c1-2-8-19-14(21)13(25-16(19)18-15-17-7-9-24-15)10-11-3-5-12(6-4-11)20(22)23/h2-7,9-10H,1,8H2/b13-10-,18-16+. The Morgan fingerprint density at radius 1 is 1.36 bits per heavy atom. The van der Waals surface area contributed by atoms with Crippen molar-refractivity contribution in [2.75, 3.05) is 6.54 Å². The third-order valence-electron chi connectivity index (χ3n) is 3.21. The summed E-state index contributed by atoms with van der Waals surface area (Å²) in [6.07, 6.45) is 4.97. The van der Waals surface area contributed by atoms with Gasteiger partial charge in [-0.3, -0.25) is 19.8 Å². The molecule has 25 heavy (non-hydrogen) atoms. The minimum absolute atomic E-state index is 0.00635. The van der Waals surface area contributed by atoms with E-state index in [2.05, 4.69) is 16.6 Å². The number of amidine groups is 1. The average molecular weight is 372 g/mol. The molecule has 1 aromatic carbocycles. The van der Waals surface area contributed by atoms with Gasteiger partial charge in [-0.1, -0.05) is 6.08 Å². The van der Waals surface area contributed by atoms with E-state index in [1.165, 1.54) is 40.1 Å². The maximum atomic E-state index is 12.6. The second-order valence-corrected chi connectivity index (χ2v) is 6.75. The molecule has 1 saturated heterocycles. The zero-order valence-electron chi connectivity index (χ0n) is 12.9. The van der Waals surface area contributed by atoms with Crippen LogP contribution in [-0.4, -0.2) is 32.4 Å². The van der Waals surface area contributed by atoms with E-state index in [0.717, 1.165) is 0 Å². The van der Waals surface area contributed by atoms with Gasteiger partial charge in [0.15, 0.2) is 5.17 Å². The van der Waals surface area contributed by atoms with Gasteiger partial charge in [0, 0.05) is 30.3 Å². The smallest absolute Gasteiger partial charge is 0.269 e. The van der Waals surface area contributed by atoms with Crippen molar-refractivity contribution in [1.82, 2.24) is 9.88 Å². The molecule has 2 heterocycles. The van der Waals surface area contributed by atoms with Crippen LogP contribution in [0.25, 0.3) is 6.08 Å². The first kappa shape index (κ1) is 17.1. The molecule has 0 saturated carbocycles. The summed E-state index contributed by atoms with van der Waals surface area (Å²) in [6, 6.07) is 6.02. The van der Waals surface area contributed by atoms with Crippen molar-refractivity contribution in [3.63, 3.8) is 0 Å². The summed E-state index contributed by atoms with van der Waals surface area (Å²) in [7, 11) is 0. The molecular formula is C16H12N4O3S2. The topological polar surface area (TPSA) is 88.7 Å². The van der Waals surface area contributed by atoms with Crippen LogP contribution in [0.15, 0.2) is 58.4 Å². The Hall–Kier alpha value is -2.78. The van der Waals surface area contributed by atoms with Gasteiger partial charge >= 0.3 is 0 Å². The molecule has 2 aromatic rings. The van der Waals surface area contributed by atoms with E-state index in [4.69, 9.17) is 0 Å². The van der Waals surface area contributed by atoms with Crippen molar-refractivity contribution >= 4 is 51.1 Å². The van der Waals surface area contributed by atoms with Crippen LogP contribution in [-0.2, 0) is 4.79 Å². The molecule has 0 radical (unpaired) electrons. The van der Waals surface area contributed by atoms with Crippen LogP contribution in [0.5, 0.6) is 0 Å². The number of nitro benzene ring substituents is 1. The van der Waals surface area contributed by atoms with E-state index in [0.29, 0.717) is 27.3 Å². The summed E-state index contributed by atoms with van der Waals surface area (Å²) < 4.78 is 0. The van der Waals surface area contributed by atoms with Crippen LogP contribution >= 0.6 is 23.1 Å². The van der Waals surface area contributed by atoms with Gasteiger partial charge in [0.05, 0.1) is 9.83 Å². The molecule has 9 heteroatoms. The second kappa shape index (κ2) is 7.41. The summed E-state index contributed by atoms with van der Waals surface area (Å²) in [5.41, 5.74) is 0.711. The predicted octanol–water partition coefficient (Wildman–Crippen LogP) is 3.84. The minimum atomic E-state index is -0.461. The number of nitrogens with zero attached hydrogens (tertiary/aromatic N) is 4. The van der Waals surface area contributed by atoms with E-state index in [1.54, 1.807) is 30.5 Å². The molecule has 0 spiro atoms. The van der Waals surface area contributed by atoms with Crippen molar-refractivity contribution < 1.29 is 9.72 Å². The Labute approximate surface area is 151 Å². The van der Waals surface area contributed by atoms with E-state index >= 15 is 0 Å². The van der Waals surface area contributed by atoms with E-state index < -0.39 is 4.92 Å².